The molecule has 31 heavy (non-hydrogen) atoms. The van der Waals surface area contributed by atoms with E-state index in [1.165, 1.54) is 5.56 Å². The summed E-state index contributed by atoms with van der Waals surface area (Å²) >= 11 is 0. The summed E-state index contributed by atoms with van der Waals surface area (Å²) in [6.45, 7) is 6.28. The molecule has 0 radical (unpaired) electrons. The molecule has 0 aromatic heterocycles. The van der Waals surface area contributed by atoms with E-state index in [1.54, 1.807) is 4.90 Å². The summed E-state index contributed by atoms with van der Waals surface area (Å²) in [5.74, 6) is -0.0583. The van der Waals surface area contributed by atoms with Crippen LogP contribution in [0.2, 0.25) is 0 Å². The highest BCUT2D eigenvalue weighted by atomic mass is 16.2. The molecule has 2 fully saturated rings. The van der Waals surface area contributed by atoms with Crippen LogP contribution in [0, 0.1) is 6.92 Å². The van der Waals surface area contributed by atoms with Crippen molar-refractivity contribution in [1.29, 1.82) is 0 Å². The number of hydrogen-bond acceptors (Lipinski definition) is 3. The molecule has 2 aliphatic rings. The average molecular weight is 421 g/mol. The monoisotopic (exact) mass is 420 g/mol. The first-order valence-corrected chi connectivity index (χ1v) is 11.3. The fourth-order valence-corrected chi connectivity index (χ4v) is 4.54. The first-order chi connectivity index (χ1) is 15.1. The minimum atomic E-state index is -0.0981. The number of piperidine rings is 1. The number of carbonyl (C=O) groups excluding carboxylic acids is 2. The first-order valence-electron chi connectivity index (χ1n) is 11.3. The minimum absolute atomic E-state index is 0.0583. The van der Waals surface area contributed by atoms with E-state index in [2.05, 4.69) is 45.9 Å². The number of hydrogen-bond donors (Lipinski definition) is 2. The summed E-state index contributed by atoms with van der Waals surface area (Å²) in [6.07, 6.45) is 4.33. The van der Waals surface area contributed by atoms with Gasteiger partial charge < -0.3 is 15.5 Å². The van der Waals surface area contributed by atoms with Gasteiger partial charge in [0.15, 0.2) is 0 Å². The Balaban J connectivity index is 1.31. The summed E-state index contributed by atoms with van der Waals surface area (Å²) in [6, 6.07) is 16.3. The molecule has 4 rings (SSSR count). The summed E-state index contributed by atoms with van der Waals surface area (Å²) < 4.78 is 0. The van der Waals surface area contributed by atoms with Crippen LogP contribution in [0.1, 0.15) is 40.7 Å². The molecular formula is C25H32N4O2. The van der Waals surface area contributed by atoms with E-state index in [-0.39, 0.29) is 18.0 Å². The van der Waals surface area contributed by atoms with Crippen molar-refractivity contribution in [2.45, 2.75) is 38.6 Å². The van der Waals surface area contributed by atoms with Gasteiger partial charge in [-0.25, -0.2) is 4.79 Å². The lowest BCUT2D eigenvalue weighted by atomic mass is 10.0. The molecule has 0 saturated carbocycles. The molecule has 6 nitrogen and oxygen atoms in total. The van der Waals surface area contributed by atoms with Gasteiger partial charge in [0.05, 0.1) is 0 Å². The lowest BCUT2D eigenvalue weighted by molar-refractivity contribution is 0.0903. The summed E-state index contributed by atoms with van der Waals surface area (Å²) in [7, 11) is 0. The fourth-order valence-electron chi connectivity index (χ4n) is 4.54. The summed E-state index contributed by atoms with van der Waals surface area (Å²) in [4.78, 5) is 29.2. The zero-order chi connectivity index (χ0) is 21.6. The molecule has 3 amide bonds. The molecule has 0 aliphatic carbocycles. The molecule has 1 unspecified atom stereocenters. The van der Waals surface area contributed by atoms with Crippen molar-refractivity contribution < 1.29 is 9.59 Å². The van der Waals surface area contributed by atoms with Gasteiger partial charge in [-0.05, 0) is 69.0 Å². The topological polar surface area (TPSA) is 64.7 Å². The quantitative estimate of drug-likeness (QED) is 0.722. The molecule has 1 atom stereocenters. The molecule has 0 spiro atoms. The number of benzene rings is 2. The van der Waals surface area contributed by atoms with Crippen LogP contribution in [0.3, 0.4) is 0 Å². The van der Waals surface area contributed by atoms with Gasteiger partial charge in [-0.3, -0.25) is 9.69 Å². The normalized spacial score (nSPS) is 19.3. The van der Waals surface area contributed by atoms with Crippen molar-refractivity contribution in [2.24, 2.45) is 0 Å². The van der Waals surface area contributed by atoms with E-state index in [4.69, 9.17) is 0 Å². The lowest BCUT2D eigenvalue weighted by Gasteiger charge is -2.33. The van der Waals surface area contributed by atoms with Gasteiger partial charge in [-0.1, -0.05) is 36.4 Å². The van der Waals surface area contributed by atoms with E-state index in [0.717, 1.165) is 56.6 Å². The highest BCUT2D eigenvalue weighted by Gasteiger charge is 2.25. The van der Waals surface area contributed by atoms with Crippen LogP contribution in [-0.4, -0.2) is 55.6 Å². The maximum absolute atomic E-state index is 12.9. The second kappa shape index (κ2) is 9.96. The van der Waals surface area contributed by atoms with Crippen molar-refractivity contribution in [3.8, 4) is 0 Å². The number of aryl methyl sites for hydroxylation is 2. The number of nitrogens with one attached hydrogen (secondary N) is 2. The van der Waals surface area contributed by atoms with Gasteiger partial charge >= 0.3 is 6.03 Å². The Morgan fingerprint density at radius 3 is 2.77 bits per heavy atom. The maximum Gasteiger partial charge on any atom is 0.322 e. The van der Waals surface area contributed by atoms with Crippen LogP contribution in [-0.2, 0) is 6.42 Å². The van der Waals surface area contributed by atoms with Crippen LogP contribution < -0.4 is 15.5 Å². The van der Waals surface area contributed by atoms with E-state index < -0.39 is 0 Å². The SMILES string of the molecule is Cc1ccc(C(=O)NC2CCCN(CCCc3ccccc3)C2)cc1N1CCNC1=O. The third-order valence-corrected chi connectivity index (χ3v) is 6.24. The van der Waals surface area contributed by atoms with Crippen molar-refractivity contribution >= 4 is 17.6 Å². The van der Waals surface area contributed by atoms with Gasteiger partial charge in [0.1, 0.15) is 0 Å². The number of likely N-dealkylation sites (tertiary alicyclic amines) is 1. The van der Waals surface area contributed by atoms with E-state index >= 15 is 0 Å². The molecular weight excluding hydrogens is 388 g/mol. The van der Waals surface area contributed by atoms with E-state index in [9.17, 15) is 9.59 Å². The number of rotatable bonds is 7. The third-order valence-electron chi connectivity index (χ3n) is 6.24. The van der Waals surface area contributed by atoms with Crippen LogP contribution >= 0.6 is 0 Å². The Morgan fingerprint density at radius 2 is 2.00 bits per heavy atom. The molecule has 2 heterocycles. The number of urea groups is 1. The molecule has 2 aromatic carbocycles. The highest BCUT2D eigenvalue weighted by Crippen LogP contribution is 2.23. The smallest absolute Gasteiger partial charge is 0.322 e. The molecule has 2 N–H and O–H groups in total. The van der Waals surface area contributed by atoms with Crippen molar-refractivity contribution in [2.75, 3.05) is 37.6 Å². The molecule has 2 aromatic rings. The van der Waals surface area contributed by atoms with Gasteiger partial charge in [-0.2, -0.15) is 0 Å². The van der Waals surface area contributed by atoms with Gasteiger partial charge in [0.2, 0.25) is 0 Å². The second-order valence-electron chi connectivity index (χ2n) is 8.59. The molecule has 6 heteroatoms. The Hall–Kier alpha value is -2.86. The Bertz CT molecular complexity index is 915. The molecule has 2 saturated heterocycles. The van der Waals surface area contributed by atoms with Crippen molar-refractivity contribution in [1.82, 2.24) is 15.5 Å². The van der Waals surface area contributed by atoms with E-state index in [0.29, 0.717) is 18.7 Å². The zero-order valence-electron chi connectivity index (χ0n) is 18.3. The Morgan fingerprint density at radius 1 is 1.16 bits per heavy atom. The fraction of sp³-hybridized carbons (Fsp3) is 0.440. The minimum Gasteiger partial charge on any atom is -0.348 e. The standard InChI is InChI=1S/C25H32N4O2/c1-19-11-12-21(17-23(19)29-16-13-26-25(29)31)24(30)27-22-10-6-15-28(18-22)14-5-9-20-7-3-2-4-8-20/h2-4,7-8,11-12,17,22H,5-6,9-10,13-16,18H2,1H3,(H,26,31)(H,27,30). The van der Waals surface area contributed by atoms with Crippen molar-refractivity contribution in [3.63, 3.8) is 0 Å². The Kier molecular flexibility index (Phi) is 6.87. The number of anilines is 1. The highest BCUT2D eigenvalue weighted by molar-refractivity contribution is 5.99. The van der Waals surface area contributed by atoms with Crippen LogP contribution in [0.25, 0.3) is 0 Å². The predicted octanol–water partition coefficient (Wildman–Crippen LogP) is 3.35. The average Bonchev–Trinajstić information content (AvgIpc) is 3.21. The second-order valence-corrected chi connectivity index (χ2v) is 8.59. The van der Waals surface area contributed by atoms with Gasteiger partial charge in [0.25, 0.3) is 5.91 Å². The van der Waals surface area contributed by atoms with Crippen molar-refractivity contribution in [3.05, 3.63) is 65.2 Å². The maximum atomic E-state index is 12.9. The molecule has 0 bridgehead atoms. The number of amides is 3. The Labute approximate surface area is 184 Å². The largest absolute Gasteiger partial charge is 0.348 e. The van der Waals surface area contributed by atoms with Crippen LogP contribution in [0.4, 0.5) is 10.5 Å². The summed E-state index contributed by atoms with van der Waals surface area (Å²) in [5, 5.41) is 6.04. The van der Waals surface area contributed by atoms with Crippen LogP contribution in [0.5, 0.6) is 0 Å². The zero-order valence-corrected chi connectivity index (χ0v) is 18.3. The van der Waals surface area contributed by atoms with Crippen LogP contribution in [0.15, 0.2) is 48.5 Å². The van der Waals surface area contributed by atoms with E-state index in [1.807, 2.05) is 25.1 Å². The predicted molar refractivity (Wildman–Crippen MR) is 124 cm³/mol. The third kappa shape index (κ3) is 5.44. The molecule has 164 valence electrons. The lowest BCUT2D eigenvalue weighted by Crippen LogP contribution is -2.48. The number of carbonyl (C=O) groups is 2. The van der Waals surface area contributed by atoms with Gasteiger partial charge in [0, 0.05) is 36.9 Å². The first kappa shape index (κ1) is 21.4. The molecule has 2 aliphatic heterocycles. The van der Waals surface area contributed by atoms with Gasteiger partial charge in [-0.15, -0.1) is 0 Å². The summed E-state index contributed by atoms with van der Waals surface area (Å²) in [5.41, 5.74) is 3.80. The number of nitrogens with zero attached hydrogens (tertiary/aromatic N) is 2.